The molecule has 0 spiro atoms. The summed E-state index contributed by atoms with van der Waals surface area (Å²) in [4.78, 5) is 0. The summed E-state index contributed by atoms with van der Waals surface area (Å²) in [6.07, 6.45) is 6.60. The van der Waals surface area contributed by atoms with E-state index in [0.717, 1.165) is 12.8 Å². The van der Waals surface area contributed by atoms with E-state index >= 15 is 0 Å². The van der Waals surface area contributed by atoms with E-state index in [4.69, 9.17) is 5.73 Å². The molecule has 1 aliphatic carbocycles. The molecule has 0 bridgehead atoms. The first kappa shape index (κ1) is 11.2. The molecule has 1 nitrogen and oxygen atoms in total. The van der Waals surface area contributed by atoms with Crippen molar-refractivity contribution in [3.05, 3.63) is 65.8 Å². The molecule has 2 aromatic rings. The van der Waals surface area contributed by atoms with Crippen LogP contribution >= 0.6 is 0 Å². The molecule has 90 valence electrons. The van der Waals surface area contributed by atoms with Crippen molar-refractivity contribution < 1.29 is 0 Å². The zero-order chi connectivity index (χ0) is 12.4. The van der Waals surface area contributed by atoms with Gasteiger partial charge in [-0.3, -0.25) is 0 Å². The highest BCUT2D eigenvalue weighted by Gasteiger charge is 2.09. The Hall–Kier alpha value is -1.86. The summed E-state index contributed by atoms with van der Waals surface area (Å²) in [6, 6.07) is 15.2. The van der Waals surface area contributed by atoms with E-state index < -0.39 is 0 Å². The molecule has 0 heterocycles. The van der Waals surface area contributed by atoms with Crippen molar-refractivity contribution in [1.29, 1.82) is 0 Å². The third-order valence-corrected chi connectivity index (χ3v) is 3.59. The minimum absolute atomic E-state index is 0.624. The summed E-state index contributed by atoms with van der Waals surface area (Å²) in [5.74, 6) is 0. The minimum atomic E-state index is 0.624. The van der Waals surface area contributed by atoms with Gasteiger partial charge in [0.1, 0.15) is 0 Å². The Morgan fingerprint density at radius 1 is 1.00 bits per heavy atom. The maximum atomic E-state index is 5.83. The molecule has 0 amide bonds. The summed E-state index contributed by atoms with van der Waals surface area (Å²) in [5.41, 5.74) is 9.84. The highest BCUT2D eigenvalue weighted by molar-refractivity contribution is 5.87. The number of hydrogen-bond donors (Lipinski definition) is 1. The number of rotatable bonds is 2. The largest absolute Gasteiger partial charge is 0.326 e. The molecule has 3 rings (SSSR count). The van der Waals surface area contributed by atoms with Crippen molar-refractivity contribution >= 4 is 16.3 Å². The third kappa shape index (κ3) is 1.98. The third-order valence-electron chi connectivity index (χ3n) is 3.59. The van der Waals surface area contributed by atoms with E-state index in [2.05, 4.69) is 54.6 Å². The Bertz CT molecular complexity index is 635. The fourth-order valence-corrected chi connectivity index (χ4v) is 2.61. The van der Waals surface area contributed by atoms with Crippen LogP contribution in [0, 0.1) is 0 Å². The van der Waals surface area contributed by atoms with E-state index in [1.54, 1.807) is 0 Å². The molecule has 0 saturated heterocycles. The van der Waals surface area contributed by atoms with E-state index in [1.165, 1.54) is 27.5 Å². The predicted octanol–water partition coefficient (Wildman–Crippen LogP) is 3.90. The smallest absolute Gasteiger partial charge is 0.0180 e. The summed E-state index contributed by atoms with van der Waals surface area (Å²) in [6.45, 7) is 0.624. The van der Waals surface area contributed by atoms with Crippen LogP contribution in [0.2, 0.25) is 0 Å². The second kappa shape index (κ2) is 4.79. The second-order valence-corrected chi connectivity index (χ2v) is 4.71. The summed E-state index contributed by atoms with van der Waals surface area (Å²) >= 11 is 0. The Morgan fingerprint density at radius 3 is 2.67 bits per heavy atom. The maximum Gasteiger partial charge on any atom is 0.0180 e. The van der Waals surface area contributed by atoms with E-state index in [1.807, 2.05) is 0 Å². The standard InChI is InChI=1S/C17H17N/c18-12-16-7-3-4-8-17(16)15-10-9-13-5-1-2-6-14(13)11-15/h1-3,5-7,9-11H,4,8,12,18H2. The lowest BCUT2D eigenvalue weighted by molar-refractivity contribution is 1.02. The van der Waals surface area contributed by atoms with Gasteiger partial charge in [-0.05, 0) is 46.4 Å². The molecule has 1 aliphatic rings. The number of nitrogens with two attached hydrogens (primary N) is 1. The SMILES string of the molecule is NCC1=C(c2ccc3ccccc3c2)CCC=C1. The van der Waals surface area contributed by atoms with Crippen molar-refractivity contribution in [3.63, 3.8) is 0 Å². The van der Waals surface area contributed by atoms with Gasteiger partial charge in [-0.2, -0.15) is 0 Å². The van der Waals surface area contributed by atoms with Gasteiger partial charge in [0.2, 0.25) is 0 Å². The molecule has 0 aromatic heterocycles. The number of hydrogen-bond acceptors (Lipinski definition) is 1. The van der Waals surface area contributed by atoms with Crippen LogP contribution in [0.5, 0.6) is 0 Å². The number of fused-ring (bicyclic) bond motifs is 1. The monoisotopic (exact) mass is 235 g/mol. The highest BCUT2D eigenvalue weighted by atomic mass is 14.5. The van der Waals surface area contributed by atoms with Gasteiger partial charge < -0.3 is 5.73 Å². The normalized spacial score (nSPS) is 15.4. The van der Waals surface area contributed by atoms with Gasteiger partial charge in [-0.25, -0.2) is 0 Å². The fourth-order valence-electron chi connectivity index (χ4n) is 2.61. The van der Waals surface area contributed by atoms with Crippen molar-refractivity contribution in [3.8, 4) is 0 Å². The second-order valence-electron chi connectivity index (χ2n) is 4.71. The molecule has 18 heavy (non-hydrogen) atoms. The molecule has 2 N–H and O–H groups in total. The first-order valence-electron chi connectivity index (χ1n) is 6.46. The lowest BCUT2D eigenvalue weighted by atomic mass is 9.90. The van der Waals surface area contributed by atoms with Crippen molar-refractivity contribution in [1.82, 2.24) is 0 Å². The average molecular weight is 235 g/mol. The van der Waals surface area contributed by atoms with E-state index in [9.17, 15) is 0 Å². The van der Waals surface area contributed by atoms with Gasteiger partial charge in [0.15, 0.2) is 0 Å². The molecular formula is C17H17N. The van der Waals surface area contributed by atoms with Crippen LogP contribution in [-0.4, -0.2) is 6.54 Å². The van der Waals surface area contributed by atoms with Crippen LogP contribution in [0.25, 0.3) is 16.3 Å². The van der Waals surface area contributed by atoms with Crippen LogP contribution in [0.3, 0.4) is 0 Å². The van der Waals surface area contributed by atoms with Crippen LogP contribution in [-0.2, 0) is 0 Å². The van der Waals surface area contributed by atoms with Gasteiger partial charge >= 0.3 is 0 Å². The first-order chi connectivity index (χ1) is 8.88. The number of benzene rings is 2. The lowest BCUT2D eigenvalue weighted by Crippen LogP contribution is -2.06. The summed E-state index contributed by atoms with van der Waals surface area (Å²) < 4.78 is 0. The van der Waals surface area contributed by atoms with Gasteiger partial charge in [0.05, 0.1) is 0 Å². The topological polar surface area (TPSA) is 26.0 Å². The Balaban J connectivity index is 2.14. The minimum Gasteiger partial charge on any atom is -0.326 e. The highest BCUT2D eigenvalue weighted by Crippen LogP contribution is 2.30. The summed E-state index contributed by atoms with van der Waals surface area (Å²) in [7, 11) is 0. The van der Waals surface area contributed by atoms with Gasteiger partial charge in [0.25, 0.3) is 0 Å². The maximum absolute atomic E-state index is 5.83. The molecular weight excluding hydrogens is 218 g/mol. The molecule has 0 saturated carbocycles. The Labute approximate surface area is 108 Å². The predicted molar refractivity (Wildman–Crippen MR) is 78.3 cm³/mol. The number of allylic oxidation sites excluding steroid dienone is 2. The zero-order valence-electron chi connectivity index (χ0n) is 10.4. The average Bonchev–Trinajstić information content (AvgIpc) is 2.46. The molecule has 0 atom stereocenters. The van der Waals surface area contributed by atoms with Gasteiger partial charge in [-0.15, -0.1) is 0 Å². The lowest BCUT2D eigenvalue weighted by Gasteiger charge is -2.16. The molecule has 1 heteroatoms. The van der Waals surface area contributed by atoms with Gasteiger partial charge in [-0.1, -0.05) is 48.6 Å². The van der Waals surface area contributed by atoms with Crippen LogP contribution in [0.4, 0.5) is 0 Å². The van der Waals surface area contributed by atoms with Gasteiger partial charge in [0, 0.05) is 6.54 Å². The van der Waals surface area contributed by atoms with Crippen LogP contribution in [0.15, 0.2) is 60.2 Å². The van der Waals surface area contributed by atoms with E-state index in [0.29, 0.717) is 6.54 Å². The van der Waals surface area contributed by atoms with Crippen LogP contribution < -0.4 is 5.73 Å². The van der Waals surface area contributed by atoms with Crippen molar-refractivity contribution in [2.75, 3.05) is 6.54 Å². The Kier molecular flexibility index (Phi) is 2.99. The first-order valence-corrected chi connectivity index (χ1v) is 6.46. The van der Waals surface area contributed by atoms with Crippen LogP contribution in [0.1, 0.15) is 18.4 Å². The quantitative estimate of drug-likeness (QED) is 0.839. The zero-order valence-corrected chi connectivity index (χ0v) is 10.4. The fraction of sp³-hybridized carbons (Fsp3) is 0.176. The van der Waals surface area contributed by atoms with Crippen molar-refractivity contribution in [2.45, 2.75) is 12.8 Å². The van der Waals surface area contributed by atoms with E-state index in [-0.39, 0.29) is 0 Å². The molecule has 0 radical (unpaired) electrons. The summed E-state index contributed by atoms with van der Waals surface area (Å²) in [5, 5.41) is 2.59. The molecule has 0 unspecified atom stereocenters. The van der Waals surface area contributed by atoms with Crippen molar-refractivity contribution in [2.24, 2.45) is 5.73 Å². The molecule has 0 aliphatic heterocycles. The molecule has 2 aromatic carbocycles. The Morgan fingerprint density at radius 2 is 1.83 bits per heavy atom. The molecule has 0 fully saturated rings.